The second-order valence-corrected chi connectivity index (χ2v) is 5.00. The van der Waals surface area contributed by atoms with Crippen molar-refractivity contribution < 1.29 is 4.79 Å². The molecule has 3 nitrogen and oxygen atoms in total. The second kappa shape index (κ2) is 5.56. The van der Waals surface area contributed by atoms with E-state index in [1.54, 1.807) is 0 Å². The van der Waals surface area contributed by atoms with Crippen molar-refractivity contribution in [2.75, 3.05) is 26.2 Å². The molecule has 17 heavy (non-hydrogen) atoms. The van der Waals surface area contributed by atoms with Crippen LogP contribution in [-0.2, 0) is 11.2 Å². The molecule has 0 radical (unpaired) electrons. The Kier molecular flexibility index (Phi) is 4.07. The minimum atomic E-state index is 0.223. The van der Waals surface area contributed by atoms with Gasteiger partial charge in [0.2, 0.25) is 5.91 Å². The summed E-state index contributed by atoms with van der Waals surface area (Å²) in [6, 6.07) is 8.07. The van der Waals surface area contributed by atoms with Gasteiger partial charge in [-0.2, -0.15) is 0 Å². The molecule has 1 aromatic rings. The largest absolute Gasteiger partial charge is 0.340 e. The van der Waals surface area contributed by atoms with E-state index in [1.165, 1.54) is 5.56 Å². The molecule has 0 aliphatic carbocycles. The molecule has 0 spiro atoms. The van der Waals surface area contributed by atoms with Gasteiger partial charge in [0.15, 0.2) is 0 Å². The van der Waals surface area contributed by atoms with Crippen LogP contribution in [0.2, 0.25) is 0 Å². The van der Waals surface area contributed by atoms with Crippen molar-refractivity contribution in [1.82, 2.24) is 9.21 Å². The number of piperazine rings is 1. The summed E-state index contributed by atoms with van der Waals surface area (Å²) in [6.07, 6.45) is 0.513. The van der Waals surface area contributed by atoms with Crippen molar-refractivity contribution in [3.05, 3.63) is 35.4 Å². The van der Waals surface area contributed by atoms with Crippen molar-refractivity contribution in [2.24, 2.45) is 0 Å². The number of carbonyl (C=O) groups is 1. The fourth-order valence-electron chi connectivity index (χ4n) is 2.03. The third-order valence-electron chi connectivity index (χ3n) is 3.21. The van der Waals surface area contributed by atoms with Crippen LogP contribution in [0.1, 0.15) is 11.1 Å². The highest BCUT2D eigenvalue weighted by Gasteiger charge is 2.19. The third-order valence-corrected chi connectivity index (χ3v) is 3.61. The van der Waals surface area contributed by atoms with Gasteiger partial charge in [0.25, 0.3) is 0 Å². The maximum atomic E-state index is 12.1. The van der Waals surface area contributed by atoms with Gasteiger partial charge in [-0.1, -0.05) is 37.1 Å². The monoisotopic (exact) mass is 250 g/mol. The Morgan fingerprint density at radius 2 is 1.88 bits per heavy atom. The predicted molar refractivity (Wildman–Crippen MR) is 72.0 cm³/mol. The van der Waals surface area contributed by atoms with Gasteiger partial charge in [0.05, 0.1) is 6.42 Å². The molecule has 92 valence electrons. The molecular formula is C13H18N2OS. The standard InChI is InChI=1S/C13H18N2OS/c1-11-4-2-3-5-12(11)10-13(16)14-6-8-15(17)9-7-14/h2-5,17H,6-10H2,1H3. The van der Waals surface area contributed by atoms with Gasteiger partial charge in [0.1, 0.15) is 0 Å². The molecule has 0 N–H and O–H groups in total. The van der Waals surface area contributed by atoms with Gasteiger partial charge in [0, 0.05) is 26.2 Å². The molecule has 0 atom stereocenters. The average molecular weight is 250 g/mol. The van der Waals surface area contributed by atoms with Gasteiger partial charge in [-0.05, 0) is 18.1 Å². The van der Waals surface area contributed by atoms with Gasteiger partial charge in [-0.15, -0.1) is 0 Å². The van der Waals surface area contributed by atoms with Crippen LogP contribution in [0.4, 0.5) is 0 Å². The Bertz CT molecular complexity index is 400. The van der Waals surface area contributed by atoms with Crippen LogP contribution >= 0.6 is 12.8 Å². The molecule has 4 heteroatoms. The number of carbonyl (C=O) groups excluding carboxylic acids is 1. The van der Waals surface area contributed by atoms with Crippen molar-refractivity contribution in [3.8, 4) is 0 Å². The van der Waals surface area contributed by atoms with Gasteiger partial charge in [-0.25, -0.2) is 4.31 Å². The van der Waals surface area contributed by atoms with Crippen LogP contribution in [0.5, 0.6) is 0 Å². The number of rotatable bonds is 2. The summed E-state index contributed by atoms with van der Waals surface area (Å²) in [5, 5.41) is 0. The van der Waals surface area contributed by atoms with Crippen LogP contribution in [0.15, 0.2) is 24.3 Å². The summed E-state index contributed by atoms with van der Waals surface area (Å²) in [5.41, 5.74) is 2.32. The molecule has 1 aliphatic rings. The number of benzene rings is 1. The minimum Gasteiger partial charge on any atom is -0.340 e. The number of nitrogens with zero attached hydrogens (tertiary/aromatic N) is 2. The number of hydrogen-bond donors (Lipinski definition) is 1. The molecule has 1 aromatic carbocycles. The Balaban J connectivity index is 1.95. The molecule has 1 aliphatic heterocycles. The molecule has 1 amide bonds. The fraction of sp³-hybridized carbons (Fsp3) is 0.462. The van der Waals surface area contributed by atoms with Crippen molar-refractivity contribution >= 4 is 18.7 Å². The first-order valence-corrected chi connectivity index (χ1v) is 6.33. The fourth-order valence-corrected chi connectivity index (χ4v) is 2.21. The quantitative estimate of drug-likeness (QED) is 0.805. The number of aryl methyl sites for hydroxylation is 1. The molecule has 0 aromatic heterocycles. The first kappa shape index (κ1) is 12.5. The molecule has 1 saturated heterocycles. The summed E-state index contributed by atoms with van der Waals surface area (Å²) >= 11 is 4.28. The molecule has 0 bridgehead atoms. The van der Waals surface area contributed by atoms with Crippen LogP contribution in [0.25, 0.3) is 0 Å². The lowest BCUT2D eigenvalue weighted by molar-refractivity contribution is -0.131. The third kappa shape index (κ3) is 3.23. The Morgan fingerprint density at radius 3 is 2.53 bits per heavy atom. The number of amides is 1. The van der Waals surface area contributed by atoms with Crippen LogP contribution in [0, 0.1) is 6.92 Å². The van der Waals surface area contributed by atoms with Crippen LogP contribution in [0.3, 0.4) is 0 Å². The van der Waals surface area contributed by atoms with E-state index in [4.69, 9.17) is 0 Å². The van der Waals surface area contributed by atoms with E-state index in [0.29, 0.717) is 6.42 Å². The second-order valence-electron chi connectivity index (χ2n) is 4.44. The lowest BCUT2D eigenvalue weighted by Crippen LogP contribution is -2.46. The average Bonchev–Trinajstić information content (AvgIpc) is 2.33. The summed E-state index contributed by atoms with van der Waals surface area (Å²) in [6.45, 7) is 5.32. The van der Waals surface area contributed by atoms with Crippen molar-refractivity contribution in [2.45, 2.75) is 13.3 Å². The highest BCUT2D eigenvalue weighted by Crippen LogP contribution is 2.11. The number of hydrogen-bond acceptors (Lipinski definition) is 3. The highest BCUT2D eigenvalue weighted by atomic mass is 32.1. The molecule has 1 fully saturated rings. The zero-order valence-corrected chi connectivity index (χ0v) is 11.0. The van der Waals surface area contributed by atoms with E-state index < -0.39 is 0 Å². The van der Waals surface area contributed by atoms with E-state index in [2.05, 4.69) is 12.8 Å². The molecule has 0 unspecified atom stereocenters. The van der Waals surface area contributed by atoms with E-state index in [9.17, 15) is 4.79 Å². The zero-order valence-electron chi connectivity index (χ0n) is 10.1. The van der Waals surface area contributed by atoms with Gasteiger partial charge >= 0.3 is 0 Å². The minimum absolute atomic E-state index is 0.223. The normalized spacial score (nSPS) is 17.2. The molecule has 0 saturated carbocycles. The molecule has 1 heterocycles. The topological polar surface area (TPSA) is 23.6 Å². The van der Waals surface area contributed by atoms with Crippen LogP contribution < -0.4 is 0 Å². The Hall–Kier alpha value is -1.00. The Morgan fingerprint density at radius 1 is 1.24 bits per heavy atom. The lowest BCUT2D eigenvalue weighted by Gasteiger charge is -2.31. The molecule has 2 rings (SSSR count). The predicted octanol–water partition coefficient (Wildman–Crippen LogP) is 1.53. The first-order valence-electron chi connectivity index (χ1n) is 5.93. The maximum absolute atomic E-state index is 12.1. The van der Waals surface area contributed by atoms with Gasteiger partial charge < -0.3 is 4.90 Å². The molecular weight excluding hydrogens is 232 g/mol. The van der Waals surface area contributed by atoms with Crippen LogP contribution in [-0.4, -0.2) is 41.3 Å². The van der Waals surface area contributed by atoms with Gasteiger partial charge in [-0.3, -0.25) is 4.79 Å². The van der Waals surface area contributed by atoms with E-state index in [1.807, 2.05) is 40.4 Å². The lowest BCUT2D eigenvalue weighted by atomic mass is 10.1. The Labute approximate surface area is 108 Å². The summed E-state index contributed by atoms with van der Waals surface area (Å²) in [5.74, 6) is 0.223. The van der Waals surface area contributed by atoms with E-state index in [0.717, 1.165) is 31.7 Å². The summed E-state index contributed by atoms with van der Waals surface area (Å²) in [7, 11) is 0. The maximum Gasteiger partial charge on any atom is 0.227 e. The van der Waals surface area contributed by atoms with Crippen molar-refractivity contribution in [3.63, 3.8) is 0 Å². The SMILES string of the molecule is Cc1ccccc1CC(=O)N1CCN(S)CC1. The zero-order chi connectivity index (χ0) is 12.3. The van der Waals surface area contributed by atoms with E-state index in [-0.39, 0.29) is 5.91 Å². The van der Waals surface area contributed by atoms with E-state index >= 15 is 0 Å². The van der Waals surface area contributed by atoms with Crippen molar-refractivity contribution in [1.29, 1.82) is 0 Å². The smallest absolute Gasteiger partial charge is 0.227 e. The first-order chi connectivity index (χ1) is 8.16. The summed E-state index contributed by atoms with van der Waals surface area (Å²) < 4.78 is 1.96. The summed E-state index contributed by atoms with van der Waals surface area (Å²) in [4.78, 5) is 14.0. The number of thiol groups is 1. The highest BCUT2D eigenvalue weighted by molar-refractivity contribution is 7.77.